The lowest BCUT2D eigenvalue weighted by molar-refractivity contribution is -0.141. The Balaban J connectivity index is 1.13. The van der Waals surface area contributed by atoms with Gasteiger partial charge in [-0.1, -0.05) is 48.3 Å². The first kappa shape index (κ1) is 37.5. The fourth-order valence-corrected chi connectivity index (χ4v) is 9.11. The first-order valence-electron chi connectivity index (χ1n) is 19.0. The second-order valence-electron chi connectivity index (χ2n) is 15.7. The fraction of sp³-hybridized carbons (Fsp3) is 0.450. The van der Waals surface area contributed by atoms with Gasteiger partial charge in [0, 0.05) is 35.2 Å². The molecule has 1 saturated heterocycles. The summed E-state index contributed by atoms with van der Waals surface area (Å²) in [6.07, 6.45) is 6.99. The number of hydrogen-bond donors (Lipinski definition) is 3. The highest BCUT2D eigenvalue weighted by Gasteiger charge is 2.63. The van der Waals surface area contributed by atoms with Crippen molar-refractivity contribution >= 4 is 55.3 Å². The monoisotopic (exact) mass is 786 g/mol. The van der Waals surface area contributed by atoms with Crippen LogP contribution in [0.5, 0.6) is 5.88 Å². The molecule has 4 amide bonds. The lowest BCUT2D eigenvalue weighted by Crippen LogP contribution is -2.58. The minimum Gasteiger partial charge on any atom is -0.472 e. The van der Waals surface area contributed by atoms with Gasteiger partial charge in [0.05, 0.1) is 16.8 Å². The van der Waals surface area contributed by atoms with Gasteiger partial charge in [0.15, 0.2) is 5.69 Å². The van der Waals surface area contributed by atoms with Crippen molar-refractivity contribution in [2.24, 2.45) is 5.92 Å². The molecule has 4 aliphatic rings. The second-order valence-corrected chi connectivity index (χ2v) is 17.9. The second kappa shape index (κ2) is 14.3. The number of nitrogens with zero attached hydrogens (tertiary/aromatic N) is 3. The molecule has 0 bridgehead atoms. The fourth-order valence-electron chi connectivity index (χ4n) is 7.80. The average molecular weight is 787 g/mol. The van der Waals surface area contributed by atoms with Crippen molar-refractivity contribution in [1.29, 1.82) is 0 Å². The summed E-state index contributed by atoms with van der Waals surface area (Å²) in [4.78, 5) is 62.3. The van der Waals surface area contributed by atoms with Crippen LogP contribution in [0, 0.1) is 18.7 Å². The summed E-state index contributed by atoms with van der Waals surface area (Å²) in [5, 5.41) is 11.6. The Labute approximate surface area is 322 Å². The van der Waals surface area contributed by atoms with E-state index < -0.39 is 73.9 Å². The Hall–Kier alpha value is -5.38. The molecule has 4 aromatic rings. The number of hydrogen-bond acceptors (Lipinski definition) is 10. The molecule has 14 nitrogen and oxygen atoms in total. The summed E-state index contributed by atoms with van der Waals surface area (Å²) in [7, 11) is -4.02. The van der Waals surface area contributed by atoms with Gasteiger partial charge in [0.25, 0.3) is 11.8 Å². The highest BCUT2D eigenvalue weighted by molar-refractivity contribution is 7.91. The average Bonchev–Trinajstić information content (AvgIpc) is 3.97. The van der Waals surface area contributed by atoms with Gasteiger partial charge in [-0.2, -0.15) is 0 Å². The van der Waals surface area contributed by atoms with E-state index in [0.29, 0.717) is 42.3 Å². The van der Waals surface area contributed by atoms with E-state index in [9.17, 15) is 32.0 Å². The molecular formula is C40H43FN6O8S. The third-order valence-electron chi connectivity index (χ3n) is 11.5. The van der Waals surface area contributed by atoms with E-state index >= 15 is 0 Å². The number of sulfonamides is 1. The van der Waals surface area contributed by atoms with Crippen molar-refractivity contribution in [2.45, 2.75) is 100 Å². The molecule has 2 aromatic carbocycles. The van der Waals surface area contributed by atoms with Crippen LogP contribution in [-0.2, 0) is 24.4 Å². The van der Waals surface area contributed by atoms with E-state index in [0.717, 1.165) is 23.6 Å². The smallest absolute Gasteiger partial charge is 0.274 e. The van der Waals surface area contributed by atoms with E-state index in [4.69, 9.17) is 9.26 Å². The van der Waals surface area contributed by atoms with Crippen LogP contribution in [0.4, 0.5) is 4.39 Å². The quantitative estimate of drug-likeness (QED) is 0.179. The number of allylic oxidation sites excluding steroid dienone is 1. The minimum absolute atomic E-state index is 0.00156. The van der Waals surface area contributed by atoms with Crippen molar-refractivity contribution in [3.63, 3.8) is 0 Å². The van der Waals surface area contributed by atoms with Crippen LogP contribution in [-0.4, -0.2) is 82.1 Å². The SMILES string of the molecule is Cc1cc(C(=O)N[C@H]2CCCCC/C=C\[C@@H]3C[C@@]3(C(=O)NS(=O)(=O)C3(C)CC3)NC(=O)[C@@H]3C[C@@H](Oc4nc5cc(F)ccc5c5ccccc45)CN3C2=O)no1. The van der Waals surface area contributed by atoms with Crippen LogP contribution in [0.15, 0.2) is 65.2 Å². The van der Waals surface area contributed by atoms with Crippen molar-refractivity contribution in [3.8, 4) is 5.88 Å². The summed E-state index contributed by atoms with van der Waals surface area (Å²) in [6, 6.07) is 10.9. The maximum atomic E-state index is 14.6. The zero-order chi connectivity index (χ0) is 39.4. The van der Waals surface area contributed by atoms with Crippen LogP contribution in [0.3, 0.4) is 0 Å². The number of carbonyl (C=O) groups excluding carboxylic acids is 4. The van der Waals surface area contributed by atoms with E-state index in [1.807, 2.05) is 36.4 Å². The van der Waals surface area contributed by atoms with Gasteiger partial charge < -0.3 is 24.8 Å². The standard InChI is InChI=1S/C40H43FN6O8S/c1-23-18-32(45-55-23)34(48)42-30-13-7-5-3-4-6-10-24-21-40(24,38(51)46-56(52,53)39(2)16-17-39)44-35(49)33-20-26(22-47(33)37(30)50)54-36-29-12-9-8-11-27(29)28-15-14-25(41)19-31(28)43-36/h6,8-12,14-15,18-19,24,26,30,33H,3-5,7,13,16-17,20-22H2,1-2H3,(H,42,48)(H,44,49)(H,46,51)/b10-6-/t24-,26-,30+,33+,40-/m1/s1. The van der Waals surface area contributed by atoms with Crippen LogP contribution in [0.2, 0.25) is 0 Å². The van der Waals surface area contributed by atoms with Crippen molar-refractivity contribution < 1.29 is 41.2 Å². The Morgan fingerprint density at radius 3 is 2.59 bits per heavy atom. The molecule has 0 unspecified atom stereocenters. The number of aromatic nitrogens is 2. The zero-order valence-electron chi connectivity index (χ0n) is 31.0. The molecule has 0 radical (unpaired) electrons. The van der Waals surface area contributed by atoms with Gasteiger partial charge in [0.1, 0.15) is 35.3 Å². The van der Waals surface area contributed by atoms with Crippen LogP contribution in [0.25, 0.3) is 21.7 Å². The maximum absolute atomic E-state index is 14.6. The summed E-state index contributed by atoms with van der Waals surface area (Å²) in [5.74, 6) is -2.98. The van der Waals surface area contributed by atoms with Crippen LogP contribution < -0.4 is 20.1 Å². The molecule has 3 N–H and O–H groups in total. The topological polar surface area (TPSA) is 190 Å². The number of amides is 4. The summed E-state index contributed by atoms with van der Waals surface area (Å²) >= 11 is 0. The summed E-state index contributed by atoms with van der Waals surface area (Å²) in [5.41, 5.74) is -1.19. The van der Waals surface area contributed by atoms with Gasteiger partial charge in [-0.3, -0.25) is 23.9 Å². The highest BCUT2D eigenvalue weighted by atomic mass is 32.2. The van der Waals surface area contributed by atoms with Crippen molar-refractivity contribution in [2.75, 3.05) is 6.54 Å². The molecule has 2 aliphatic heterocycles. The number of ether oxygens (including phenoxy) is 1. The number of halogens is 1. The van der Waals surface area contributed by atoms with Gasteiger partial charge in [-0.15, -0.1) is 0 Å². The zero-order valence-corrected chi connectivity index (χ0v) is 31.9. The lowest BCUT2D eigenvalue weighted by Gasteiger charge is -2.30. The predicted molar refractivity (Wildman–Crippen MR) is 202 cm³/mol. The molecule has 3 fully saturated rings. The molecule has 2 aromatic heterocycles. The van der Waals surface area contributed by atoms with E-state index in [1.165, 1.54) is 23.1 Å². The van der Waals surface area contributed by atoms with Crippen LogP contribution >= 0.6 is 0 Å². The minimum atomic E-state index is -4.02. The van der Waals surface area contributed by atoms with E-state index in [1.54, 1.807) is 19.9 Å². The number of nitrogens with one attached hydrogen (secondary N) is 3. The highest BCUT2D eigenvalue weighted by Crippen LogP contribution is 2.47. The van der Waals surface area contributed by atoms with Gasteiger partial charge in [0.2, 0.25) is 27.7 Å². The summed E-state index contributed by atoms with van der Waals surface area (Å²) in [6.45, 7) is 3.13. The Morgan fingerprint density at radius 1 is 1.05 bits per heavy atom. The number of pyridine rings is 1. The molecule has 8 rings (SSSR count). The molecule has 4 heterocycles. The summed E-state index contributed by atoms with van der Waals surface area (Å²) < 4.78 is 53.5. The first-order chi connectivity index (χ1) is 26.8. The molecule has 16 heteroatoms. The molecule has 2 saturated carbocycles. The molecule has 2 aliphatic carbocycles. The number of fused-ring (bicyclic) bond motifs is 5. The lowest BCUT2D eigenvalue weighted by atomic mass is 10.0. The Bertz CT molecular complexity index is 2400. The van der Waals surface area contributed by atoms with Crippen LogP contribution in [0.1, 0.15) is 81.0 Å². The molecular weight excluding hydrogens is 744 g/mol. The molecule has 294 valence electrons. The van der Waals surface area contributed by atoms with E-state index in [-0.39, 0.29) is 37.4 Å². The Kier molecular flexibility index (Phi) is 9.58. The maximum Gasteiger partial charge on any atom is 0.274 e. The molecule has 0 spiro atoms. The normalized spacial score (nSPS) is 26.9. The number of rotatable bonds is 7. The number of aryl methyl sites for hydroxylation is 1. The molecule has 5 atom stereocenters. The molecule has 56 heavy (non-hydrogen) atoms. The van der Waals surface area contributed by atoms with Crippen molar-refractivity contribution in [3.05, 3.63) is 78.0 Å². The van der Waals surface area contributed by atoms with Gasteiger partial charge in [-0.25, -0.2) is 17.8 Å². The third-order valence-corrected chi connectivity index (χ3v) is 13.7. The predicted octanol–water partition coefficient (Wildman–Crippen LogP) is 4.36. The van der Waals surface area contributed by atoms with Gasteiger partial charge >= 0.3 is 0 Å². The number of carbonyl (C=O) groups is 4. The first-order valence-corrected chi connectivity index (χ1v) is 20.5. The Morgan fingerprint density at radius 2 is 1.84 bits per heavy atom. The largest absolute Gasteiger partial charge is 0.472 e. The third kappa shape index (κ3) is 7.10. The van der Waals surface area contributed by atoms with Crippen molar-refractivity contribution in [1.82, 2.24) is 30.4 Å². The van der Waals surface area contributed by atoms with E-state index in [2.05, 4.69) is 25.5 Å². The number of benzene rings is 2. The van der Waals surface area contributed by atoms with Gasteiger partial charge in [-0.05, 0) is 76.0 Å².